The molecular formula is C27H33N5O3S. The van der Waals surface area contributed by atoms with Crippen molar-refractivity contribution in [2.24, 2.45) is 17.6 Å². The number of hydrogen-bond donors (Lipinski definition) is 3. The first-order valence-corrected chi connectivity index (χ1v) is 13.5. The monoisotopic (exact) mass is 507 g/mol. The number of carbonyl (C=O) groups is 1. The molecule has 1 amide bonds. The number of ether oxygens (including phenoxy) is 2. The summed E-state index contributed by atoms with van der Waals surface area (Å²) >= 11 is 1.34. The molecule has 3 aliphatic rings. The molecule has 0 unspecified atom stereocenters. The molecule has 190 valence electrons. The van der Waals surface area contributed by atoms with Crippen molar-refractivity contribution in [3.05, 3.63) is 46.5 Å². The second kappa shape index (κ2) is 8.90. The van der Waals surface area contributed by atoms with Crippen molar-refractivity contribution in [2.45, 2.75) is 38.3 Å². The normalized spacial score (nSPS) is 27.4. The third-order valence-corrected chi connectivity index (χ3v) is 9.24. The minimum absolute atomic E-state index is 0.00900. The zero-order valence-corrected chi connectivity index (χ0v) is 21.6. The molecule has 8 nitrogen and oxygen atoms in total. The number of aromatic nitrogens is 1. The van der Waals surface area contributed by atoms with Crippen LogP contribution in [0.25, 0.3) is 10.2 Å². The molecule has 5 heterocycles. The highest BCUT2D eigenvalue weighted by Gasteiger charge is 2.52. The lowest BCUT2D eigenvalue weighted by Crippen LogP contribution is -2.50. The van der Waals surface area contributed by atoms with Crippen molar-refractivity contribution in [3.63, 3.8) is 0 Å². The molecule has 0 saturated carbocycles. The average Bonchev–Trinajstić information content (AvgIpc) is 3.52. The number of nitrogens with one attached hydrogen (secondary N) is 1. The minimum Gasteiger partial charge on any atom is -0.493 e. The molecular weight excluding hydrogens is 474 g/mol. The summed E-state index contributed by atoms with van der Waals surface area (Å²) in [7, 11) is 0. The number of amides is 1. The van der Waals surface area contributed by atoms with Crippen molar-refractivity contribution in [2.75, 3.05) is 43.5 Å². The molecule has 2 aromatic heterocycles. The fourth-order valence-corrected chi connectivity index (χ4v) is 6.94. The molecule has 2 saturated heterocycles. The quantitative estimate of drug-likeness (QED) is 0.497. The van der Waals surface area contributed by atoms with Crippen LogP contribution in [0.4, 0.5) is 11.4 Å². The van der Waals surface area contributed by atoms with E-state index in [1.165, 1.54) is 11.3 Å². The molecule has 1 spiro atoms. The van der Waals surface area contributed by atoms with Gasteiger partial charge in [0.05, 0.1) is 18.3 Å². The minimum atomic E-state index is -0.243. The number of nitrogens with two attached hydrogens (primary N) is 2. The van der Waals surface area contributed by atoms with Gasteiger partial charge in [0.25, 0.3) is 5.91 Å². The first kappa shape index (κ1) is 23.5. The van der Waals surface area contributed by atoms with E-state index in [-0.39, 0.29) is 23.5 Å². The van der Waals surface area contributed by atoms with Crippen LogP contribution in [0, 0.1) is 18.8 Å². The van der Waals surface area contributed by atoms with Crippen LogP contribution in [0.3, 0.4) is 0 Å². The molecule has 9 heteroatoms. The van der Waals surface area contributed by atoms with E-state index in [4.69, 9.17) is 20.9 Å². The summed E-state index contributed by atoms with van der Waals surface area (Å²) in [5, 5.41) is 3.89. The predicted molar refractivity (Wildman–Crippen MR) is 143 cm³/mol. The Hall–Kier alpha value is -2.88. The summed E-state index contributed by atoms with van der Waals surface area (Å²) in [5.74, 6) is 1.42. The van der Waals surface area contributed by atoms with E-state index >= 15 is 0 Å². The average molecular weight is 508 g/mol. The van der Waals surface area contributed by atoms with Crippen LogP contribution < -0.4 is 26.4 Å². The lowest BCUT2D eigenvalue weighted by molar-refractivity contribution is -0.0108. The number of carbonyl (C=O) groups excluding carboxylic acids is 1. The molecule has 36 heavy (non-hydrogen) atoms. The van der Waals surface area contributed by atoms with Gasteiger partial charge in [-0.2, -0.15) is 0 Å². The highest BCUT2D eigenvalue weighted by atomic mass is 32.1. The second-order valence-electron chi connectivity index (χ2n) is 10.5. The maximum Gasteiger partial charge on any atom is 0.263 e. The Labute approximate surface area is 214 Å². The van der Waals surface area contributed by atoms with E-state index in [9.17, 15) is 4.79 Å². The smallest absolute Gasteiger partial charge is 0.263 e. The van der Waals surface area contributed by atoms with Crippen molar-refractivity contribution in [1.82, 2.24) is 10.3 Å². The maximum atomic E-state index is 12.9. The zero-order valence-electron chi connectivity index (χ0n) is 20.8. The van der Waals surface area contributed by atoms with Gasteiger partial charge in [-0.1, -0.05) is 13.0 Å². The SMILES string of the molecule is Cc1ccc2c(N)c(C(=O)NC[C@H]3COc4cc(N5C[C@@H](N)[C@]6(C5)OCC[C@@H]6C)ccc4C3)sc2n1. The molecule has 5 N–H and O–H groups in total. The third-order valence-electron chi connectivity index (χ3n) is 8.13. The van der Waals surface area contributed by atoms with Crippen LogP contribution in [0.2, 0.25) is 0 Å². The van der Waals surface area contributed by atoms with Gasteiger partial charge in [-0.15, -0.1) is 11.3 Å². The Balaban J connectivity index is 1.10. The molecule has 4 atom stereocenters. The number of rotatable bonds is 4. The fourth-order valence-electron chi connectivity index (χ4n) is 5.88. The lowest BCUT2D eigenvalue weighted by Gasteiger charge is -2.31. The van der Waals surface area contributed by atoms with Crippen molar-refractivity contribution in [3.8, 4) is 5.75 Å². The van der Waals surface area contributed by atoms with E-state index in [1.54, 1.807) is 0 Å². The van der Waals surface area contributed by atoms with E-state index in [0.29, 0.717) is 29.6 Å². The third kappa shape index (κ3) is 3.90. The van der Waals surface area contributed by atoms with Gasteiger partial charge in [0.2, 0.25) is 0 Å². The summed E-state index contributed by atoms with van der Waals surface area (Å²) in [6, 6.07) is 10.3. The summed E-state index contributed by atoms with van der Waals surface area (Å²) in [4.78, 5) is 21.0. The van der Waals surface area contributed by atoms with Crippen molar-refractivity contribution < 1.29 is 14.3 Å². The van der Waals surface area contributed by atoms with Crippen LogP contribution in [-0.2, 0) is 11.2 Å². The van der Waals surface area contributed by atoms with Gasteiger partial charge in [-0.3, -0.25) is 4.79 Å². The molecule has 0 aliphatic carbocycles. The zero-order chi connectivity index (χ0) is 25.0. The van der Waals surface area contributed by atoms with Gasteiger partial charge in [0, 0.05) is 55.0 Å². The molecule has 3 aliphatic heterocycles. The summed E-state index contributed by atoms with van der Waals surface area (Å²) in [6.07, 6.45) is 1.92. The van der Waals surface area contributed by atoms with Gasteiger partial charge in [-0.25, -0.2) is 4.98 Å². The molecule has 3 aromatic rings. The number of pyridine rings is 1. The molecule has 0 radical (unpaired) electrons. The summed E-state index contributed by atoms with van der Waals surface area (Å²) < 4.78 is 12.3. The van der Waals surface area contributed by atoms with E-state index in [2.05, 4.69) is 40.3 Å². The number of anilines is 2. The van der Waals surface area contributed by atoms with Crippen molar-refractivity contribution in [1.29, 1.82) is 0 Å². The first-order valence-electron chi connectivity index (χ1n) is 12.7. The Morgan fingerprint density at radius 3 is 3.00 bits per heavy atom. The Morgan fingerprint density at radius 2 is 2.19 bits per heavy atom. The van der Waals surface area contributed by atoms with Crippen LogP contribution in [0.1, 0.15) is 34.3 Å². The van der Waals surface area contributed by atoms with Crippen LogP contribution in [0.5, 0.6) is 5.75 Å². The topological polar surface area (TPSA) is 116 Å². The number of thiophene rings is 1. The van der Waals surface area contributed by atoms with Gasteiger partial charge in [-0.05, 0) is 49.4 Å². The summed E-state index contributed by atoms with van der Waals surface area (Å²) in [6.45, 7) is 7.66. The van der Waals surface area contributed by atoms with Crippen LogP contribution in [0.15, 0.2) is 30.3 Å². The Bertz CT molecular complexity index is 1330. The highest BCUT2D eigenvalue weighted by molar-refractivity contribution is 7.21. The van der Waals surface area contributed by atoms with Gasteiger partial charge in [0.1, 0.15) is 21.1 Å². The van der Waals surface area contributed by atoms with Gasteiger partial charge >= 0.3 is 0 Å². The molecule has 6 rings (SSSR count). The fraction of sp³-hybridized carbons (Fsp3) is 0.481. The maximum absolute atomic E-state index is 12.9. The largest absolute Gasteiger partial charge is 0.493 e. The van der Waals surface area contributed by atoms with Crippen molar-refractivity contribution >= 4 is 38.8 Å². The molecule has 2 fully saturated rings. The van der Waals surface area contributed by atoms with E-state index < -0.39 is 0 Å². The second-order valence-corrected chi connectivity index (χ2v) is 11.5. The van der Waals surface area contributed by atoms with Crippen LogP contribution >= 0.6 is 11.3 Å². The first-order chi connectivity index (χ1) is 17.3. The Kier molecular flexibility index (Phi) is 5.81. The highest BCUT2D eigenvalue weighted by Crippen LogP contribution is 2.41. The number of nitrogen functional groups attached to an aromatic ring is 1. The standard InChI is InChI=1S/C27H33N5O3S/c1-15-7-8-35-27(15)14-32(12-22(27)28)19-5-4-18-9-17(13-34-21(18)10-19)11-30-25(33)24-23(29)20-6-3-16(2)31-26(20)36-24/h3-6,10,15,17,22H,7-9,11-14,28-29H2,1-2H3,(H,30,33)/t15-,17-,22+,27+/m0/s1. The summed E-state index contributed by atoms with van der Waals surface area (Å²) in [5.41, 5.74) is 16.2. The van der Waals surface area contributed by atoms with E-state index in [1.807, 2.05) is 19.1 Å². The Morgan fingerprint density at radius 1 is 1.33 bits per heavy atom. The van der Waals surface area contributed by atoms with Crippen LogP contribution in [-0.4, -0.2) is 55.4 Å². The number of aryl methyl sites for hydroxylation is 1. The number of fused-ring (bicyclic) bond motifs is 2. The number of benzene rings is 1. The number of nitrogens with zero attached hydrogens (tertiary/aromatic N) is 2. The molecule has 1 aromatic carbocycles. The number of hydrogen-bond acceptors (Lipinski definition) is 8. The molecule has 0 bridgehead atoms. The van der Waals surface area contributed by atoms with Gasteiger partial charge in [0.15, 0.2) is 0 Å². The van der Waals surface area contributed by atoms with Gasteiger partial charge < -0.3 is 31.2 Å². The lowest BCUT2D eigenvalue weighted by atomic mass is 9.85. The predicted octanol–water partition coefficient (Wildman–Crippen LogP) is 3.11. The van der Waals surface area contributed by atoms with E-state index in [0.717, 1.165) is 65.4 Å².